The lowest BCUT2D eigenvalue weighted by molar-refractivity contribution is -0.384. The molecule has 2 amide bonds. The number of aromatic carboxylic acids is 1. The van der Waals surface area contributed by atoms with Crippen LogP contribution in [0.2, 0.25) is 0 Å². The van der Waals surface area contributed by atoms with Crippen LogP contribution in [0.3, 0.4) is 0 Å². The molecule has 0 heterocycles. The van der Waals surface area contributed by atoms with Gasteiger partial charge in [-0.25, -0.2) is 9.59 Å². The van der Waals surface area contributed by atoms with Gasteiger partial charge in [0.1, 0.15) is 11.3 Å². The normalized spacial score (nSPS) is 11.0. The molecule has 0 fully saturated rings. The topological polar surface area (TPSA) is 153 Å². The van der Waals surface area contributed by atoms with Crippen molar-refractivity contribution in [1.29, 1.82) is 0 Å². The molecule has 0 saturated carbocycles. The molecule has 10 nitrogen and oxygen atoms in total. The summed E-state index contributed by atoms with van der Waals surface area (Å²) in [7, 11) is 0. The highest BCUT2D eigenvalue weighted by Gasteiger charge is 2.33. The monoisotopic (exact) mass is 491 g/mol. The maximum absolute atomic E-state index is 13.2. The third-order valence-electron chi connectivity index (χ3n) is 5.12. The van der Waals surface area contributed by atoms with Crippen molar-refractivity contribution < 1.29 is 29.2 Å². The fourth-order valence-electron chi connectivity index (χ4n) is 3.61. The zero-order valence-corrected chi connectivity index (χ0v) is 19.9. The lowest BCUT2D eigenvalue weighted by Crippen LogP contribution is -2.37. The van der Waals surface area contributed by atoms with Crippen LogP contribution in [-0.4, -0.2) is 33.6 Å². The number of nitrogens with two attached hydrogens (primary N) is 1. The van der Waals surface area contributed by atoms with Gasteiger partial charge in [0, 0.05) is 11.6 Å². The Labute approximate surface area is 207 Å². The van der Waals surface area contributed by atoms with Crippen molar-refractivity contribution in [3.63, 3.8) is 0 Å². The first-order chi connectivity index (χ1) is 16.9. The molecular weight excluding hydrogens is 466 g/mol. The molecule has 0 aliphatic heterocycles. The zero-order chi connectivity index (χ0) is 26.6. The highest BCUT2D eigenvalue weighted by Crippen LogP contribution is 2.35. The van der Waals surface area contributed by atoms with Crippen molar-refractivity contribution in [2.24, 2.45) is 5.73 Å². The van der Waals surface area contributed by atoms with Gasteiger partial charge in [0.15, 0.2) is 0 Å². The van der Waals surface area contributed by atoms with Gasteiger partial charge in [0.25, 0.3) is 5.69 Å². The number of carboxylic acids is 1. The van der Waals surface area contributed by atoms with Crippen molar-refractivity contribution in [3.05, 3.63) is 93.5 Å². The molecule has 0 aliphatic carbocycles. The van der Waals surface area contributed by atoms with E-state index in [1.165, 1.54) is 12.1 Å². The third kappa shape index (κ3) is 5.84. The van der Waals surface area contributed by atoms with Gasteiger partial charge in [-0.3, -0.25) is 19.8 Å². The van der Waals surface area contributed by atoms with Gasteiger partial charge in [0.05, 0.1) is 17.0 Å². The molecule has 0 unspecified atom stereocenters. The van der Waals surface area contributed by atoms with Crippen LogP contribution in [-0.2, 0) is 11.3 Å². The van der Waals surface area contributed by atoms with Crippen molar-refractivity contribution in [1.82, 2.24) is 0 Å². The molecule has 0 radical (unpaired) electrons. The molecule has 3 rings (SSSR count). The summed E-state index contributed by atoms with van der Waals surface area (Å²) in [4.78, 5) is 48.8. The van der Waals surface area contributed by atoms with Crippen LogP contribution in [0, 0.1) is 10.1 Å². The quantitative estimate of drug-likeness (QED) is 0.348. The summed E-state index contributed by atoms with van der Waals surface area (Å²) in [5.41, 5.74) is 5.37. The van der Waals surface area contributed by atoms with Crippen molar-refractivity contribution >= 4 is 29.3 Å². The lowest BCUT2D eigenvalue weighted by Gasteiger charge is -2.28. The number of carboxylic acid groups (broad SMARTS) is 1. The van der Waals surface area contributed by atoms with Crippen LogP contribution in [0.25, 0.3) is 11.1 Å². The number of nitrogens with zero attached hydrogens (tertiary/aromatic N) is 2. The maximum atomic E-state index is 13.2. The second-order valence-electron chi connectivity index (χ2n) is 8.91. The standard InChI is InChI=1S/C26H25N3O7/c1-26(2,3)36-25(33)28(22-20(24(31)32)9-6-10-21(22)29(34)35)15-16-11-13-17(14-12-16)18-7-4-5-8-19(18)23(27)30/h4-14H,15H2,1-3H3,(H2,27,30)(H,31,32). The van der Waals surface area contributed by atoms with Gasteiger partial charge in [-0.15, -0.1) is 0 Å². The molecular formula is C26H25N3O7. The SMILES string of the molecule is CC(C)(C)OC(=O)N(Cc1ccc(-c2ccccc2C(N)=O)cc1)c1c(C(=O)O)cccc1[N+](=O)[O-]. The minimum atomic E-state index is -1.43. The molecule has 0 bridgehead atoms. The van der Waals surface area contributed by atoms with Gasteiger partial charge in [0.2, 0.25) is 5.91 Å². The molecule has 10 heteroatoms. The fraction of sp³-hybridized carbons (Fsp3) is 0.192. The number of anilines is 1. The number of ether oxygens (including phenoxy) is 1. The highest BCUT2D eigenvalue weighted by atomic mass is 16.6. The number of primary amides is 1. The molecule has 0 aromatic heterocycles. The Morgan fingerprint density at radius 1 is 0.972 bits per heavy atom. The molecule has 3 aromatic carbocycles. The van der Waals surface area contributed by atoms with E-state index in [0.29, 0.717) is 22.3 Å². The van der Waals surface area contributed by atoms with Crippen LogP contribution in [0.5, 0.6) is 0 Å². The van der Waals surface area contributed by atoms with Gasteiger partial charge < -0.3 is 15.6 Å². The van der Waals surface area contributed by atoms with E-state index in [1.807, 2.05) is 0 Å². The van der Waals surface area contributed by atoms with E-state index in [4.69, 9.17) is 10.5 Å². The number of rotatable bonds is 7. The highest BCUT2D eigenvalue weighted by molar-refractivity contribution is 6.03. The summed E-state index contributed by atoms with van der Waals surface area (Å²) < 4.78 is 5.45. The smallest absolute Gasteiger partial charge is 0.415 e. The zero-order valence-electron chi connectivity index (χ0n) is 19.9. The summed E-state index contributed by atoms with van der Waals surface area (Å²) in [6, 6.07) is 17.1. The van der Waals surface area contributed by atoms with Gasteiger partial charge in [-0.1, -0.05) is 48.5 Å². The van der Waals surface area contributed by atoms with E-state index in [9.17, 15) is 29.6 Å². The van der Waals surface area contributed by atoms with Crippen LogP contribution >= 0.6 is 0 Å². The number of nitro benzene ring substituents is 1. The summed E-state index contributed by atoms with van der Waals surface area (Å²) in [6.45, 7) is 4.68. The second-order valence-corrected chi connectivity index (χ2v) is 8.91. The fourth-order valence-corrected chi connectivity index (χ4v) is 3.61. The van der Waals surface area contributed by atoms with Gasteiger partial charge in [-0.05, 0) is 49.6 Å². The number of nitro groups is 1. The van der Waals surface area contributed by atoms with Gasteiger partial charge >= 0.3 is 12.1 Å². The molecule has 186 valence electrons. The number of amides is 2. The lowest BCUT2D eigenvalue weighted by atomic mass is 9.98. The summed E-state index contributed by atoms with van der Waals surface area (Å²) in [6.07, 6.45) is -0.942. The van der Waals surface area contributed by atoms with E-state index >= 15 is 0 Å². The Kier molecular flexibility index (Phi) is 7.38. The van der Waals surface area contributed by atoms with E-state index in [-0.39, 0.29) is 12.2 Å². The number of hydrogen-bond donors (Lipinski definition) is 2. The van der Waals surface area contributed by atoms with Crippen molar-refractivity contribution in [3.8, 4) is 11.1 Å². The van der Waals surface area contributed by atoms with Crippen LogP contribution in [0.4, 0.5) is 16.2 Å². The molecule has 0 spiro atoms. The Hall–Kier alpha value is -4.73. The van der Waals surface area contributed by atoms with Crippen LogP contribution in [0.1, 0.15) is 47.1 Å². The van der Waals surface area contributed by atoms with Crippen LogP contribution < -0.4 is 10.6 Å². The van der Waals surface area contributed by atoms with Crippen molar-refractivity contribution in [2.75, 3.05) is 4.90 Å². The minimum Gasteiger partial charge on any atom is -0.478 e. The average molecular weight is 492 g/mol. The Morgan fingerprint density at radius 2 is 1.58 bits per heavy atom. The summed E-state index contributed by atoms with van der Waals surface area (Å²) in [5.74, 6) is -2.01. The minimum absolute atomic E-state index is 0.211. The molecule has 0 saturated heterocycles. The van der Waals surface area contributed by atoms with Crippen LogP contribution in [0.15, 0.2) is 66.7 Å². The Balaban J connectivity index is 2.08. The molecule has 0 aliphatic rings. The number of carbonyl (C=O) groups excluding carboxylic acids is 2. The molecule has 0 atom stereocenters. The second kappa shape index (κ2) is 10.3. The number of carbonyl (C=O) groups is 3. The molecule has 36 heavy (non-hydrogen) atoms. The first-order valence-corrected chi connectivity index (χ1v) is 10.9. The number of para-hydroxylation sites is 1. The summed E-state index contributed by atoms with van der Waals surface area (Å²) >= 11 is 0. The Bertz CT molecular complexity index is 1300. The first-order valence-electron chi connectivity index (χ1n) is 10.9. The largest absolute Gasteiger partial charge is 0.478 e. The summed E-state index contributed by atoms with van der Waals surface area (Å²) in [5, 5.41) is 21.4. The van der Waals surface area contributed by atoms with Crippen molar-refractivity contribution in [2.45, 2.75) is 32.9 Å². The van der Waals surface area contributed by atoms with E-state index in [0.717, 1.165) is 11.0 Å². The van der Waals surface area contributed by atoms with E-state index in [2.05, 4.69) is 0 Å². The predicted molar refractivity (Wildman–Crippen MR) is 133 cm³/mol. The molecule has 3 N–H and O–H groups in total. The van der Waals surface area contributed by atoms with E-state index in [1.54, 1.807) is 69.3 Å². The van der Waals surface area contributed by atoms with E-state index < -0.39 is 39.7 Å². The Morgan fingerprint density at radius 3 is 2.14 bits per heavy atom. The number of benzene rings is 3. The predicted octanol–water partition coefficient (Wildman–Crippen LogP) is 5.00. The molecule has 3 aromatic rings. The maximum Gasteiger partial charge on any atom is 0.415 e. The number of hydrogen-bond acceptors (Lipinski definition) is 6. The average Bonchev–Trinajstić information content (AvgIpc) is 2.81. The van der Waals surface area contributed by atoms with Gasteiger partial charge in [-0.2, -0.15) is 0 Å². The third-order valence-corrected chi connectivity index (χ3v) is 5.12. The first kappa shape index (κ1) is 25.9.